The Hall–Kier alpha value is -1.02. The minimum Gasteiger partial charge on any atom is -0.490 e. The van der Waals surface area contributed by atoms with Crippen LogP contribution in [0.25, 0.3) is 0 Å². The van der Waals surface area contributed by atoms with Crippen molar-refractivity contribution in [1.29, 1.82) is 0 Å². The molecule has 1 atom stereocenters. The molecule has 25 heavy (non-hydrogen) atoms. The summed E-state index contributed by atoms with van der Waals surface area (Å²) >= 11 is 0. The summed E-state index contributed by atoms with van der Waals surface area (Å²) in [5.74, 6) is 4.60. The normalized spacial score (nSPS) is 38.4. The van der Waals surface area contributed by atoms with E-state index in [0.29, 0.717) is 24.0 Å². The van der Waals surface area contributed by atoms with E-state index in [4.69, 9.17) is 9.47 Å². The second-order valence-electron chi connectivity index (χ2n) is 9.84. The first-order valence-corrected chi connectivity index (χ1v) is 10.4. The minimum absolute atomic E-state index is 0.323. The zero-order valence-corrected chi connectivity index (χ0v) is 16.0. The fourth-order valence-corrected chi connectivity index (χ4v) is 6.71. The molecule has 0 aromatic heterocycles. The van der Waals surface area contributed by atoms with Gasteiger partial charge in [-0.1, -0.05) is 19.9 Å². The van der Waals surface area contributed by atoms with Crippen LogP contribution in [0.15, 0.2) is 12.1 Å². The lowest BCUT2D eigenvalue weighted by atomic mass is 9.47. The Morgan fingerprint density at radius 1 is 1.08 bits per heavy atom. The second-order valence-corrected chi connectivity index (χ2v) is 9.84. The van der Waals surface area contributed by atoms with Crippen molar-refractivity contribution in [3.63, 3.8) is 0 Å². The molecule has 1 aromatic rings. The lowest BCUT2D eigenvalue weighted by Gasteiger charge is -2.57. The summed E-state index contributed by atoms with van der Waals surface area (Å²) in [6, 6.07) is 4.78. The van der Waals surface area contributed by atoms with Gasteiger partial charge in [0, 0.05) is 5.56 Å². The molecule has 0 N–H and O–H groups in total. The number of hydrogen-bond acceptors (Lipinski definition) is 2. The van der Waals surface area contributed by atoms with Crippen LogP contribution in [0.1, 0.15) is 75.0 Å². The van der Waals surface area contributed by atoms with Crippen LogP contribution in [0.5, 0.6) is 5.75 Å². The quantitative estimate of drug-likeness (QED) is 0.673. The summed E-state index contributed by atoms with van der Waals surface area (Å²) in [6.45, 7) is 8.51. The molecule has 0 radical (unpaired) electrons. The molecule has 2 heteroatoms. The number of benzene rings is 1. The monoisotopic (exact) mass is 340 g/mol. The van der Waals surface area contributed by atoms with Gasteiger partial charge in [0.2, 0.25) is 0 Å². The van der Waals surface area contributed by atoms with Gasteiger partial charge in [0.15, 0.2) is 0 Å². The van der Waals surface area contributed by atoms with Gasteiger partial charge in [-0.05, 0) is 91.7 Å². The van der Waals surface area contributed by atoms with Crippen molar-refractivity contribution in [3.8, 4) is 5.75 Å². The largest absolute Gasteiger partial charge is 0.490 e. The van der Waals surface area contributed by atoms with Crippen LogP contribution >= 0.6 is 0 Å². The number of rotatable bonds is 5. The predicted molar refractivity (Wildman–Crippen MR) is 100 cm³/mol. The van der Waals surface area contributed by atoms with Crippen LogP contribution in [-0.2, 0) is 10.2 Å². The first-order chi connectivity index (χ1) is 12.0. The van der Waals surface area contributed by atoms with Crippen LogP contribution < -0.4 is 4.74 Å². The predicted octanol–water partition coefficient (Wildman–Crippen LogP) is 5.36. The van der Waals surface area contributed by atoms with Gasteiger partial charge in [0.05, 0.1) is 6.61 Å². The maximum absolute atomic E-state index is 6.28. The standard InChI is InChI=1S/C23H32O2/c1-14(2)22-20(4-15(3)5-21(22)25-13-19-12-24-19)23-9-16-6-17(10-23)8-18(7-16)11-23/h4-5,14,16-19H,6-13H2,1-3H3. The summed E-state index contributed by atoms with van der Waals surface area (Å²) in [7, 11) is 0. The van der Waals surface area contributed by atoms with E-state index in [9.17, 15) is 0 Å². The van der Waals surface area contributed by atoms with E-state index >= 15 is 0 Å². The van der Waals surface area contributed by atoms with Crippen molar-refractivity contribution in [1.82, 2.24) is 0 Å². The van der Waals surface area contributed by atoms with E-state index in [0.717, 1.165) is 30.1 Å². The Bertz CT molecular complexity index is 636. The van der Waals surface area contributed by atoms with Gasteiger partial charge in [-0.2, -0.15) is 0 Å². The lowest BCUT2D eigenvalue weighted by Crippen LogP contribution is -2.49. The third-order valence-corrected chi connectivity index (χ3v) is 7.30. The number of ether oxygens (including phenoxy) is 2. The first kappa shape index (κ1) is 16.2. The fourth-order valence-electron chi connectivity index (χ4n) is 6.71. The summed E-state index contributed by atoms with van der Waals surface area (Å²) in [6.07, 6.45) is 9.11. The second kappa shape index (κ2) is 5.74. The molecule has 4 bridgehead atoms. The van der Waals surface area contributed by atoms with Gasteiger partial charge >= 0.3 is 0 Å². The van der Waals surface area contributed by atoms with Crippen molar-refractivity contribution < 1.29 is 9.47 Å². The summed E-state index contributed by atoms with van der Waals surface area (Å²) in [5, 5.41) is 0. The van der Waals surface area contributed by atoms with Crippen molar-refractivity contribution in [2.24, 2.45) is 17.8 Å². The van der Waals surface area contributed by atoms with Crippen LogP contribution in [0.4, 0.5) is 0 Å². The Morgan fingerprint density at radius 3 is 2.20 bits per heavy atom. The minimum atomic E-state index is 0.323. The number of aryl methyl sites for hydroxylation is 1. The third kappa shape index (κ3) is 2.81. The van der Waals surface area contributed by atoms with E-state index < -0.39 is 0 Å². The highest BCUT2D eigenvalue weighted by molar-refractivity contribution is 5.50. The van der Waals surface area contributed by atoms with Crippen molar-refractivity contribution in [2.75, 3.05) is 13.2 Å². The molecule has 1 aliphatic heterocycles. The maximum atomic E-state index is 6.28. The molecular weight excluding hydrogens is 308 g/mol. The molecule has 1 saturated heterocycles. The molecule has 1 unspecified atom stereocenters. The van der Waals surface area contributed by atoms with Gasteiger partial charge in [-0.3, -0.25) is 0 Å². The SMILES string of the molecule is Cc1cc(OCC2CO2)c(C(C)C)c(C23CC4CC(CC(C4)C2)C3)c1. The molecule has 1 aromatic carbocycles. The van der Waals surface area contributed by atoms with Gasteiger partial charge in [-0.15, -0.1) is 0 Å². The highest BCUT2D eigenvalue weighted by Crippen LogP contribution is 2.62. The van der Waals surface area contributed by atoms with Gasteiger partial charge in [0.1, 0.15) is 18.5 Å². The Balaban J connectivity index is 1.57. The molecule has 0 amide bonds. The Labute approximate surface area is 152 Å². The Kier molecular flexibility index (Phi) is 3.71. The summed E-state index contributed by atoms with van der Waals surface area (Å²) in [4.78, 5) is 0. The topological polar surface area (TPSA) is 21.8 Å². The third-order valence-electron chi connectivity index (χ3n) is 7.30. The Morgan fingerprint density at radius 2 is 1.68 bits per heavy atom. The molecule has 6 rings (SSSR count). The molecule has 5 aliphatic rings. The zero-order valence-electron chi connectivity index (χ0n) is 16.0. The molecule has 4 aliphatic carbocycles. The molecule has 1 heterocycles. The fraction of sp³-hybridized carbons (Fsp3) is 0.739. The van der Waals surface area contributed by atoms with E-state index in [-0.39, 0.29) is 0 Å². The van der Waals surface area contributed by atoms with E-state index in [2.05, 4.69) is 32.9 Å². The van der Waals surface area contributed by atoms with Gasteiger partial charge in [0.25, 0.3) is 0 Å². The average molecular weight is 341 g/mol. The van der Waals surface area contributed by atoms with Crippen LogP contribution in [0, 0.1) is 24.7 Å². The number of epoxide rings is 1. The van der Waals surface area contributed by atoms with Crippen molar-refractivity contribution in [3.05, 3.63) is 28.8 Å². The smallest absolute Gasteiger partial charge is 0.123 e. The van der Waals surface area contributed by atoms with E-state index in [1.165, 1.54) is 49.7 Å². The van der Waals surface area contributed by atoms with Crippen LogP contribution in [0.2, 0.25) is 0 Å². The molecular formula is C23H32O2. The number of hydrogen-bond donors (Lipinski definition) is 0. The highest BCUT2D eigenvalue weighted by atomic mass is 16.6. The molecule has 136 valence electrons. The van der Waals surface area contributed by atoms with E-state index in [1.54, 1.807) is 5.56 Å². The van der Waals surface area contributed by atoms with Crippen molar-refractivity contribution in [2.45, 2.75) is 76.7 Å². The summed E-state index contributed by atoms with van der Waals surface area (Å²) in [5.41, 5.74) is 4.94. The van der Waals surface area contributed by atoms with Crippen molar-refractivity contribution >= 4 is 0 Å². The average Bonchev–Trinajstić information content (AvgIpc) is 3.35. The lowest BCUT2D eigenvalue weighted by molar-refractivity contribution is -0.00583. The summed E-state index contributed by atoms with van der Waals surface area (Å²) < 4.78 is 11.6. The first-order valence-electron chi connectivity index (χ1n) is 10.4. The van der Waals surface area contributed by atoms with Gasteiger partial charge in [-0.25, -0.2) is 0 Å². The zero-order chi connectivity index (χ0) is 17.2. The van der Waals surface area contributed by atoms with Crippen LogP contribution in [0.3, 0.4) is 0 Å². The molecule has 4 saturated carbocycles. The van der Waals surface area contributed by atoms with E-state index in [1.807, 2.05) is 0 Å². The van der Waals surface area contributed by atoms with Gasteiger partial charge < -0.3 is 9.47 Å². The molecule has 5 fully saturated rings. The maximum Gasteiger partial charge on any atom is 0.123 e. The molecule has 2 nitrogen and oxygen atoms in total. The van der Waals surface area contributed by atoms with Crippen LogP contribution in [-0.4, -0.2) is 19.3 Å². The highest BCUT2D eigenvalue weighted by Gasteiger charge is 2.52. The molecule has 0 spiro atoms.